The van der Waals surface area contributed by atoms with E-state index in [1.807, 2.05) is 13.0 Å². The summed E-state index contributed by atoms with van der Waals surface area (Å²) in [6.45, 7) is 3.65. The number of carboxylic acids is 1. The highest BCUT2D eigenvalue weighted by Crippen LogP contribution is 2.25. The van der Waals surface area contributed by atoms with Gasteiger partial charge in [-0.05, 0) is 38.1 Å². The van der Waals surface area contributed by atoms with Gasteiger partial charge in [-0.1, -0.05) is 6.07 Å². The molecule has 0 spiro atoms. The zero-order valence-electron chi connectivity index (χ0n) is 10.9. The molecule has 0 aromatic heterocycles. The molecule has 0 fully saturated rings. The Morgan fingerprint density at radius 2 is 1.94 bits per heavy atom. The minimum Gasteiger partial charge on any atom is -0.496 e. The lowest BCUT2D eigenvalue weighted by Crippen LogP contribution is -2.41. The number of carbonyl (C=O) groups excluding carboxylic acids is 1. The molecule has 5 nitrogen and oxygen atoms in total. The summed E-state index contributed by atoms with van der Waals surface area (Å²) in [6.07, 6.45) is 0. The molecule has 0 radical (unpaired) electrons. The fraction of sp³-hybridized carbons (Fsp3) is 0.385. The molecule has 0 bridgehead atoms. The van der Waals surface area contributed by atoms with Crippen molar-refractivity contribution in [2.75, 3.05) is 14.2 Å². The second kappa shape index (κ2) is 5.64. The van der Waals surface area contributed by atoms with E-state index in [2.05, 4.69) is 5.32 Å². The van der Waals surface area contributed by atoms with Gasteiger partial charge in [0.1, 0.15) is 5.75 Å². The first-order chi connectivity index (χ1) is 8.42. The van der Waals surface area contributed by atoms with Gasteiger partial charge in [0.2, 0.25) is 0 Å². The number of aryl methyl sites for hydroxylation is 2. The quantitative estimate of drug-likeness (QED) is 0.607. The number of likely N-dealkylation sites (N-methyl/N-ethyl adjacent to an activating group) is 1. The van der Waals surface area contributed by atoms with Gasteiger partial charge in [-0.2, -0.15) is 0 Å². The molecule has 1 aromatic rings. The summed E-state index contributed by atoms with van der Waals surface area (Å²) in [7, 11) is 2.90. The number of benzene rings is 1. The van der Waals surface area contributed by atoms with Gasteiger partial charge in [0.15, 0.2) is 11.8 Å². The molecule has 1 atom stereocenters. The number of ether oxygens (including phenoxy) is 1. The maximum atomic E-state index is 12.2. The Morgan fingerprint density at radius 1 is 1.33 bits per heavy atom. The molecule has 0 aliphatic heterocycles. The molecule has 98 valence electrons. The van der Waals surface area contributed by atoms with Crippen LogP contribution >= 0.6 is 0 Å². The Bertz CT molecular complexity index is 482. The number of hydrogen-bond donors (Lipinski definition) is 2. The average Bonchev–Trinajstić information content (AvgIpc) is 2.27. The Kier molecular flexibility index (Phi) is 4.44. The minimum absolute atomic E-state index is 0.310. The maximum absolute atomic E-state index is 12.2. The Morgan fingerprint density at radius 3 is 2.39 bits per heavy atom. The van der Waals surface area contributed by atoms with E-state index in [1.165, 1.54) is 14.2 Å². The Balaban J connectivity index is 3.32. The van der Waals surface area contributed by atoms with Crippen LogP contribution in [-0.4, -0.2) is 37.1 Å². The van der Waals surface area contributed by atoms with Gasteiger partial charge in [0.05, 0.1) is 12.7 Å². The van der Waals surface area contributed by atoms with Crippen LogP contribution in [-0.2, 0) is 4.79 Å². The van der Waals surface area contributed by atoms with Gasteiger partial charge < -0.3 is 15.2 Å². The number of aliphatic carboxylic acids is 1. The second-order valence-corrected chi connectivity index (χ2v) is 4.08. The molecule has 1 unspecified atom stereocenters. The average molecular weight is 251 g/mol. The summed E-state index contributed by atoms with van der Waals surface area (Å²) in [6, 6.07) is 2.28. The van der Waals surface area contributed by atoms with E-state index in [0.29, 0.717) is 16.9 Å². The number of carbonyl (C=O) groups is 2. The lowest BCUT2D eigenvalue weighted by Gasteiger charge is -2.15. The summed E-state index contributed by atoms with van der Waals surface area (Å²) in [5, 5.41) is 11.5. The van der Waals surface area contributed by atoms with Crippen LogP contribution in [0.3, 0.4) is 0 Å². The molecule has 0 saturated heterocycles. The van der Waals surface area contributed by atoms with E-state index in [0.717, 1.165) is 5.56 Å². The zero-order chi connectivity index (χ0) is 13.9. The number of Topliss-reactive ketones (excluding diaryl/α,β-unsaturated/α-hetero) is 1. The first-order valence-electron chi connectivity index (χ1n) is 5.51. The standard InChI is InChI=1S/C13H17NO4/c1-7-5-8(2)10(9(6-7)18-4)12(15)11(14-3)13(16)17/h5-6,11,14H,1-4H3,(H,16,17). The van der Waals surface area contributed by atoms with Crippen LogP contribution < -0.4 is 10.1 Å². The summed E-state index contributed by atoms with van der Waals surface area (Å²) in [5.74, 6) is -1.30. The number of hydrogen-bond acceptors (Lipinski definition) is 4. The number of rotatable bonds is 5. The first-order valence-corrected chi connectivity index (χ1v) is 5.51. The van der Waals surface area contributed by atoms with Crippen molar-refractivity contribution < 1.29 is 19.4 Å². The van der Waals surface area contributed by atoms with E-state index in [-0.39, 0.29) is 0 Å². The van der Waals surface area contributed by atoms with Crippen molar-refractivity contribution in [3.63, 3.8) is 0 Å². The molecule has 0 aliphatic carbocycles. The van der Waals surface area contributed by atoms with Gasteiger partial charge in [-0.25, -0.2) is 0 Å². The Labute approximate surface area is 106 Å². The molecule has 1 rings (SSSR count). The molecule has 2 N–H and O–H groups in total. The third kappa shape index (κ3) is 2.68. The number of methoxy groups -OCH3 is 1. The summed E-state index contributed by atoms with van der Waals surface area (Å²) >= 11 is 0. The van der Waals surface area contributed by atoms with Crippen molar-refractivity contribution in [1.82, 2.24) is 5.32 Å². The summed E-state index contributed by atoms with van der Waals surface area (Å²) in [5.41, 5.74) is 1.97. The predicted octanol–water partition coefficient (Wildman–Crippen LogP) is 1.17. The third-order valence-corrected chi connectivity index (χ3v) is 2.71. The highest BCUT2D eigenvalue weighted by Gasteiger charge is 2.29. The largest absolute Gasteiger partial charge is 0.496 e. The minimum atomic E-state index is -1.26. The van der Waals surface area contributed by atoms with Crippen LogP contribution in [0.1, 0.15) is 21.5 Å². The summed E-state index contributed by atoms with van der Waals surface area (Å²) < 4.78 is 5.16. The van der Waals surface area contributed by atoms with Crippen molar-refractivity contribution in [2.24, 2.45) is 0 Å². The number of nitrogens with one attached hydrogen (secondary N) is 1. The van der Waals surface area contributed by atoms with Crippen LogP contribution in [0, 0.1) is 13.8 Å². The Hall–Kier alpha value is -1.88. The fourth-order valence-electron chi connectivity index (χ4n) is 1.92. The molecular formula is C13H17NO4. The molecule has 0 aliphatic rings. The molecule has 18 heavy (non-hydrogen) atoms. The van der Waals surface area contributed by atoms with Crippen molar-refractivity contribution in [3.8, 4) is 5.75 Å². The number of ketones is 1. The van der Waals surface area contributed by atoms with Crippen molar-refractivity contribution in [1.29, 1.82) is 0 Å². The molecule has 0 heterocycles. The van der Waals surface area contributed by atoms with Crippen LogP contribution in [0.2, 0.25) is 0 Å². The van der Waals surface area contributed by atoms with E-state index < -0.39 is 17.8 Å². The van der Waals surface area contributed by atoms with Crippen LogP contribution in [0.5, 0.6) is 5.75 Å². The lowest BCUT2D eigenvalue weighted by atomic mass is 9.96. The maximum Gasteiger partial charge on any atom is 0.328 e. The van der Waals surface area contributed by atoms with E-state index in [1.54, 1.807) is 13.0 Å². The van der Waals surface area contributed by atoms with E-state index >= 15 is 0 Å². The first kappa shape index (κ1) is 14.2. The molecule has 5 heteroatoms. The highest BCUT2D eigenvalue weighted by atomic mass is 16.5. The van der Waals surface area contributed by atoms with Gasteiger partial charge in [-0.3, -0.25) is 9.59 Å². The van der Waals surface area contributed by atoms with Crippen LogP contribution in [0.25, 0.3) is 0 Å². The zero-order valence-corrected chi connectivity index (χ0v) is 10.9. The van der Waals surface area contributed by atoms with Crippen molar-refractivity contribution in [3.05, 3.63) is 28.8 Å². The normalized spacial score (nSPS) is 12.0. The fourth-order valence-corrected chi connectivity index (χ4v) is 1.92. The second-order valence-electron chi connectivity index (χ2n) is 4.08. The molecular weight excluding hydrogens is 234 g/mol. The van der Waals surface area contributed by atoms with Crippen LogP contribution in [0.15, 0.2) is 12.1 Å². The van der Waals surface area contributed by atoms with Crippen LogP contribution in [0.4, 0.5) is 0 Å². The van der Waals surface area contributed by atoms with Gasteiger partial charge in [0.25, 0.3) is 0 Å². The van der Waals surface area contributed by atoms with Gasteiger partial charge >= 0.3 is 5.97 Å². The molecule has 0 saturated carbocycles. The lowest BCUT2D eigenvalue weighted by molar-refractivity contribution is -0.137. The number of carboxylic acid groups (broad SMARTS) is 1. The summed E-state index contributed by atoms with van der Waals surface area (Å²) in [4.78, 5) is 23.2. The van der Waals surface area contributed by atoms with Crippen molar-refractivity contribution >= 4 is 11.8 Å². The van der Waals surface area contributed by atoms with E-state index in [9.17, 15) is 9.59 Å². The van der Waals surface area contributed by atoms with Gasteiger partial charge in [-0.15, -0.1) is 0 Å². The van der Waals surface area contributed by atoms with Gasteiger partial charge in [0, 0.05) is 0 Å². The third-order valence-electron chi connectivity index (χ3n) is 2.71. The topological polar surface area (TPSA) is 75.6 Å². The molecule has 0 amide bonds. The van der Waals surface area contributed by atoms with Crippen molar-refractivity contribution in [2.45, 2.75) is 19.9 Å². The van der Waals surface area contributed by atoms with E-state index in [4.69, 9.17) is 9.84 Å². The highest BCUT2D eigenvalue weighted by molar-refractivity contribution is 6.13. The molecule has 1 aromatic carbocycles. The smallest absolute Gasteiger partial charge is 0.328 e. The monoisotopic (exact) mass is 251 g/mol. The SMILES string of the molecule is CNC(C(=O)O)C(=O)c1c(C)cc(C)cc1OC. The predicted molar refractivity (Wildman–Crippen MR) is 67.3 cm³/mol.